The molecule has 0 aliphatic carbocycles. The average molecular weight is 253 g/mol. The van der Waals surface area contributed by atoms with E-state index in [1.165, 1.54) is 19.1 Å². The zero-order valence-corrected chi connectivity index (χ0v) is 10.3. The Kier molecular flexibility index (Phi) is 5.26. The first-order valence-electron chi connectivity index (χ1n) is 5.47. The maximum atomic E-state index is 11.2. The van der Waals surface area contributed by atoms with Gasteiger partial charge in [-0.15, -0.1) is 0 Å². The Balaban J connectivity index is 2.80. The zero-order valence-electron chi connectivity index (χ0n) is 10.3. The summed E-state index contributed by atoms with van der Waals surface area (Å²) >= 11 is 0. The van der Waals surface area contributed by atoms with Crippen LogP contribution in [0.15, 0.2) is 18.2 Å². The van der Waals surface area contributed by atoms with E-state index in [2.05, 4.69) is 0 Å². The first kappa shape index (κ1) is 14.1. The number of hydrogen-bond acceptors (Lipinski definition) is 5. The number of rotatable bonds is 7. The van der Waals surface area contributed by atoms with Crippen molar-refractivity contribution in [1.82, 2.24) is 0 Å². The minimum absolute atomic E-state index is 0.0873. The number of benzene rings is 1. The molecule has 0 saturated heterocycles. The van der Waals surface area contributed by atoms with E-state index in [4.69, 9.17) is 9.47 Å². The lowest BCUT2D eigenvalue weighted by Crippen LogP contribution is -2.04. The number of hydrogen-bond donors (Lipinski definition) is 0. The van der Waals surface area contributed by atoms with Gasteiger partial charge in [0.25, 0.3) is 5.69 Å². The van der Waals surface area contributed by atoms with Crippen LogP contribution in [0.2, 0.25) is 0 Å². The van der Waals surface area contributed by atoms with Gasteiger partial charge in [0.15, 0.2) is 5.78 Å². The quantitative estimate of drug-likeness (QED) is 0.322. The van der Waals surface area contributed by atoms with Crippen molar-refractivity contribution >= 4 is 11.5 Å². The summed E-state index contributed by atoms with van der Waals surface area (Å²) in [6.07, 6.45) is 0.693. The summed E-state index contributed by atoms with van der Waals surface area (Å²) in [5.74, 6) is 0.0374. The van der Waals surface area contributed by atoms with Crippen molar-refractivity contribution in [1.29, 1.82) is 0 Å². The van der Waals surface area contributed by atoms with Crippen molar-refractivity contribution in [2.75, 3.05) is 20.3 Å². The summed E-state index contributed by atoms with van der Waals surface area (Å²) in [6, 6.07) is 4.23. The molecule has 0 aliphatic rings. The predicted octanol–water partition coefficient (Wildman–Crippen LogP) is 2.21. The van der Waals surface area contributed by atoms with Gasteiger partial charge in [-0.3, -0.25) is 14.9 Å². The first-order chi connectivity index (χ1) is 8.56. The molecule has 1 aromatic carbocycles. The van der Waals surface area contributed by atoms with E-state index in [9.17, 15) is 14.9 Å². The van der Waals surface area contributed by atoms with Crippen molar-refractivity contribution in [2.24, 2.45) is 0 Å². The summed E-state index contributed by atoms with van der Waals surface area (Å²) in [5, 5.41) is 10.8. The van der Waals surface area contributed by atoms with Crippen LogP contribution in [0.1, 0.15) is 23.7 Å². The molecule has 0 fully saturated rings. The second kappa shape index (κ2) is 6.70. The van der Waals surface area contributed by atoms with Crippen molar-refractivity contribution in [3.8, 4) is 5.75 Å². The number of nitrogens with zero attached hydrogens (tertiary/aromatic N) is 1. The Morgan fingerprint density at radius 2 is 2.11 bits per heavy atom. The zero-order chi connectivity index (χ0) is 13.5. The van der Waals surface area contributed by atoms with Gasteiger partial charge in [0, 0.05) is 20.1 Å². The smallest absolute Gasteiger partial charge is 0.283 e. The summed E-state index contributed by atoms with van der Waals surface area (Å²) in [7, 11) is 1.59. The molecule has 6 nitrogen and oxygen atoms in total. The van der Waals surface area contributed by atoms with Gasteiger partial charge in [-0.05, 0) is 19.1 Å². The van der Waals surface area contributed by atoms with E-state index in [1.807, 2.05) is 0 Å². The second-order valence-electron chi connectivity index (χ2n) is 3.69. The maximum Gasteiger partial charge on any atom is 0.283 e. The van der Waals surface area contributed by atoms with E-state index in [0.717, 1.165) is 0 Å². The highest BCUT2D eigenvalue weighted by Gasteiger charge is 2.18. The Morgan fingerprint density at radius 3 is 2.67 bits per heavy atom. The van der Waals surface area contributed by atoms with Crippen LogP contribution in [-0.4, -0.2) is 31.0 Å². The number of carbonyl (C=O) groups is 1. The van der Waals surface area contributed by atoms with Gasteiger partial charge in [0.05, 0.1) is 23.2 Å². The number of nitro groups is 1. The number of Topliss-reactive ketones (excluding diaryl/α,β-unsaturated/α-hetero) is 1. The van der Waals surface area contributed by atoms with Crippen LogP contribution in [0.3, 0.4) is 0 Å². The van der Waals surface area contributed by atoms with Gasteiger partial charge in [-0.2, -0.15) is 0 Å². The lowest BCUT2D eigenvalue weighted by Gasteiger charge is -2.06. The molecule has 0 bridgehead atoms. The molecular weight excluding hydrogens is 238 g/mol. The summed E-state index contributed by atoms with van der Waals surface area (Å²) in [5.41, 5.74) is -0.143. The maximum absolute atomic E-state index is 11.2. The molecule has 0 radical (unpaired) electrons. The van der Waals surface area contributed by atoms with Crippen LogP contribution < -0.4 is 4.74 Å². The third-order valence-electron chi connectivity index (χ3n) is 2.31. The highest BCUT2D eigenvalue weighted by molar-refractivity contribution is 5.98. The number of ether oxygens (including phenoxy) is 2. The highest BCUT2D eigenvalue weighted by atomic mass is 16.6. The van der Waals surface area contributed by atoms with E-state index in [1.54, 1.807) is 13.2 Å². The number of carbonyl (C=O) groups excluding carboxylic acids is 1. The minimum Gasteiger partial charge on any atom is -0.493 e. The monoisotopic (exact) mass is 253 g/mol. The molecule has 0 saturated carbocycles. The standard InChI is InChI=1S/C12H15NO5/c1-9(14)11-5-4-10(8-12(11)13(15)16)18-7-3-6-17-2/h4-5,8H,3,6-7H2,1-2H3. The topological polar surface area (TPSA) is 78.7 Å². The third kappa shape index (κ3) is 3.81. The van der Waals surface area contributed by atoms with Gasteiger partial charge >= 0.3 is 0 Å². The van der Waals surface area contributed by atoms with Crippen LogP contribution in [0.25, 0.3) is 0 Å². The Hall–Kier alpha value is -1.95. The Morgan fingerprint density at radius 1 is 1.39 bits per heavy atom. The van der Waals surface area contributed by atoms with Gasteiger partial charge in [-0.1, -0.05) is 0 Å². The van der Waals surface area contributed by atoms with Crippen LogP contribution in [0.5, 0.6) is 5.75 Å². The van der Waals surface area contributed by atoms with Crippen LogP contribution in [0.4, 0.5) is 5.69 Å². The van der Waals surface area contributed by atoms with E-state index in [0.29, 0.717) is 25.4 Å². The first-order valence-corrected chi connectivity index (χ1v) is 5.47. The summed E-state index contributed by atoms with van der Waals surface area (Å²) in [6.45, 7) is 2.26. The molecule has 0 spiro atoms. The summed E-state index contributed by atoms with van der Waals surface area (Å²) in [4.78, 5) is 21.5. The van der Waals surface area contributed by atoms with Crippen molar-refractivity contribution in [2.45, 2.75) is 13.3 Å². The Labute approximate surface area is 105 Å². The van der Waals surface area contributed by atoms with Crippen molar-refractivity contribution < 1.29 is 19.2 Å². The summed E-state index contributed by atoms with van der Waals surface area (Å²) < 4.78 is 10.2. The SMILES string of the molecule is COCCCOc1ccc(C(C)=O)c([N+](=O)[O-])c1. The lowest BCUT2D eigenvalue weighted by molar-refractivity contribution is -0.385. The largest absolute Gasteiger partial charge is 0.493 e. The molecule has 1 rings (SSSR count). The molecule has 0 N–H and O–H groups in total. The van der Waals surface area contributed by atoms with E-state index >= 15 is 0 Å². The molecule has 0 amide bonds. The second-order valence-corrected chi connectivity index (χ2v) is 3.69. The van der Waals surface area contributed by atoms with Gasteiger partial charge in [-0.25, -0.2) is 0 Å². The predicted molar refractivity (Wildman–Crippen MR) is 65.1 cm³/mol. The van der Waals surface area contributed by atoms with Gasteiger partial charge < -0.3 is 9.47 Å². The van der Waals surface area contributed by atoms with Gasteiger partial charge in [0.1, 0.15) is 5.75 Å². The van der Waals surface area contributed by atoms with Crippen molar-refractivity contribution in [3.05, 3.63) is 33.9 Å². The molecule has 0 aliphatic heterocycles. The number of methoxy groups -OCH3 is 1. The van der Waals surface area contributed by atoms with E-state index < -0.39 is 4.92 Å². The molecule has 1 aromatic rings. The van der Waals surface area contributed by atoms with Crippen LogP contribution in [-0.2, 0) is 4.74 Å². The Bertz CT molecular complexity index is 444. The molecule has 0 atom stereocenters. The van der Waals surface area contributed by atoms with Crippen molar-refractivity contribution in [3.63, 3.8) is 0 Å². The van der Waals surface area contributed by atoms with Crippen LogP contribution in [0, 0.1) is 10.1 Å². The fourth-order valence-corrected chi connectivity index (χ4v) is 1.44. The molecule has 0 unspecified atom stereocenters. The third-order valence-corrected chi connectivity index (χ3v) is 2.31. The molecule has 98 valence electrons. The van der Waals surface area contributed by atoms with Gasteiger partial charge in [0.2, 0.25) is 0 Å². The number of nitro benzene ring substituents is 1. The molecule has 0 heterocycles. The molecule has 18 heavy (non-hydrogen) atoms. The molecular formula is C12H15NO5. The van der Waals surface area contributed by atoms with E-state index in [-0.39, 0.29) is 17.0 Å². The minimum atomic E-state index is -0.585. The highest BCUT2D eigenvalue weighted by Crippen LogP contribution is 2.25. The normalized spacial score (nSPS) is 10.1. The fraction of sp³-hybridized carbons (Fsp3) is 0.417. The number of ketones is 1. The fourth-order valence-electron chi connectivity index (χ4n) is 1.44. The molecule has 6 heteroatoms. The molecule has 0 aromatic heterocycles. The lowest BCUT2D eigenvalue weighted by atomic mass is 10.1. The van der Waals surface area contributed by atoms with Crippen LogP contribution >= 0.6 is 0 Å². The average Bonchev–Trinajstić information content (AvgIpc) is 2.34.